The number of rotatable bonds is 8. The predicted molar refractivity (Wildman–Crippen MR) is 112 cm³/mol. The summed E-state index contributed by atoms with van der Waals surface area (Å²) in [5, 5.41) is 11.0. The van der Waals surface area contributed by atoms with E-state index < -0.39 is 10.8 Å². The fraction of sp³-hybridized carbons (Fsp3) is 0.391. The average molecular weight is 410 g/mol. The molecule has 0 aliphatic carbocycles. The molecule has 1 aliphatic heterocycles. The highest BCUT2D eigenvalue weighted by Gasteiger charge is 2.40. The molecule has 30 heavy (non-hydrogen) atoms. The molecule has 0 radical (unpaired) electrons. The lowest BCUT2D eigenvalue weighted by molar-refractivity contribution is -0.384. The molecule has 3 atom stereocenters. The Labute approximate surface area is 175 Å². The van der Waals surface area contributed by atoms with Crippen molar-refractivity contribution in [2.75, 3.05) is 13.2 Å². The van der Waals surface area contributed by atoms with E-state index in [1.807, 2.05) is 30.3 Å². The van der Waals surface area contributed by atoms with Gasteiger partial charge in [0.25, 0.3) is 5.69 Å². The number of piperidine rings is 1. The van der Waals surface area contributed by atoms with Crippen LogP contribution in [0.15, 0.2) is 54.6 Å². The van der Waals surface area contributed by atoms with Crippen molar-refractivity contribution in [3.05, 3.63) is 75.8 Å². The van der Waals surface area contributed by atoms with Crippen molar-refractivity contribution in [3.63, 3.8) is 0 Å². The predicted octanol–water partition coefficient (Wildman–Crippen LogP) is 3.93. The highest BCUT2D eigenvalue weighted by Crippen LogP contribution is 2.41. The summed E-state index contributed by atoms with van der Waals surface area (Å²) in [4.78, 5) is 37.1. The second-order valence-corrected chi connectivity index (χ2v) is 7.52. The number of hydrogen-bond acceptors (Lipinski definition) is 6. The molecule has 2 aromatic carbocycles. The van der Waals surface area contributed by atoms with Gasteiger partial charge in [-0.05, 0) is 36.9 Å². The van der Waals surface area contributed by atoms with E-state index in [1.165, 1.54) is 12.1 Å². The van der Waals surface area contributed by atoms with Crippen LogP contribution in [0.3, 0.4) is 0 Å². The van der Waals surface area contributed by atoms with E-state index in [9.17, 15) is 19.7 Å². The van der Waals surface area contributed by atoms with E-state index in [2.05, 4.69) is 4.90 Å². The maximum atomic E-state index is 12.2. The number of esters is 1. The van der Waals surface area contributed by atoms with E-state index in [0.717, 1.165) is 17.4 Å². The average Bonchev–Trinajstić information content (AvgIpc) is 2.75. The zero-order valence-electron chi connectivity index (χ0n) is 17.0. The van der Waals surface area contributed by atoms with Gasteiger partial charge < -0.3 is 9.53 Å². The number of aldehydes is 1. The molecule has 0 saturated carbocycles. The molecule has 0 amide bonds. The van der Waals surface area contributed by atoms with Crippen LogP contribution in [-0.4, -0.2) is 35.2 Å². The number of nitrogens with zero attached hydrogens (tertiary/aromatic N) is 2. The summed E-state index contributed by atoms with van der Waals surface area (Å²) in [7, 11) is 0. The third-order valence-electron chi connectivity index (χ3n) is 5.65. The molecule has 1 fully saturated rings. The van der Waals surface area contributed by atoms with Gasteiger partial charge in [-0.25, -0.2) is 0 Å². The van der Waals surface area contributed by atoms with E-state index in [1.54, 1.807) is 19.1 Å². The van der Waals surface area contributed by atoms with Crippen molar-refractivity contribution >= 4 is 17.9 Å². The van der Waals surface area contributed by atoms with Gasteiger partial charge in [0.2, 0.25) is 0 Å². The summed E-state index contributed by atoms with van der Waals surface area (Å²) >= 11 is 0. The monoisotopic (exact) mass is 410 g/mol. The molecule has 158 valence electrons. The van der Waals surface area contributed by atoms with Crippen molar-refractivity contribution in [1.82, 2.24) is 4.90 Å². The van der Waals surface area contributed by atoms with Gasteiger partial charge in [-0.3, -0.25) is 19.8 Å². The minimum atomic E-state index is -0.437. The van der Waals surface area contributed by atoms with Crippen molar-refractivity contribution in [2.24, 2.45) is 11.8 Å². The minimum Gasteiger partial charge on any atom is -0.466 e. The normalized spacial score (nSPS) is 21.7. The van der Waals surface area contributed by atoms with Crippen LogP contribution in [0.1, 0.15) is 36.9 Å². The summed E-state index contributed by atoms with van der Waals surface area (Å²) in [6.07, 6.45) is 1.82. The zero-order chi connectivity index (χ0) is 21.5. The first-order valence-corrected chi connectivity index (χ1v) is 10.2. The number of benzene rings is 2. The second kappa shape index (κ2) is 10.1. The Morgan fingerprint density at radius 2 is 1.90 bits per heavy atom. The molecule has 1 aliphatic rings. The fourth-order valence-corrected chi connectivity index (χ4v) is 4.24. The molecule has 0 aromatic heterocycles. The molecule has 0 bridgehead atoms. The Bertz CT molecular complexity index is 869. The number of carbonyl (C=O) groups is 2. The second-order valence-electron chi connectivity index (χ2n) is 7.52. The number of non-ortho nitro benzene ring substituents is 1. The smallest absolute Gasteiger partial charge is 0.306 e. The lowest BCUT2D eigenvalue weighted by Gasteiger charge is -2.43. The van der Waals surface area contributed by atoms with E-state index in [-0.39, 0.29) is 30.0 Å². The van der Waals surface area contributed by atoms with Gasteiger partial charge >= 0.3 is 5.97 Å². The van der Waals surface area contributed by atoms with Gasteiger partial charge in [-0.15, -0.1) is 0 Å². The number of nitro groups is 1. The molecule has 0 unspecified atom stereocenters. The van der Waals surface area contributed by atoms with Crippen molar-refractivity contribution < 1.29 is 19.2 Å². The topological polar surface area (TPSA) is 89.8 Å². The first kappa shape index (κ1) is 21.6. The molecule has 2 aromatic rings. The summed E-state index contributed by atoms with van der Waals surface area (Å²) in [6, 6.07) is 16.1. The van der Waals surface area contributed by atoms with Gasteiger partial charge in [0, 0.05) is 37.1 Å². The van der Waals surface area contributed by atoms with Gasteiger partial charge in [0.15, 0.2) is 0 Å². The molecule has 1 saturated heterocycles. The molecule has 7 nitrogen and oxygen atoms in total. The third-order valence-corrected chi connectivity index (χ3v) is 5.65. The molecular weight excluding hydrogens is 384 g/mol. The highest BCUT2D eigenvalue weighted by atomic mass is 16.6. The van der Waals surface area contributed by atoms with Gasteiger partial charge in [-0.2, -0.15) is 0 Å². The number of nitro benzene ring substituents is 1. The maximum Gasteiger partial charge on any atom is 0.306 e. The Kier molecular flexibility index (Phi) is 7.30. The van der Waals surface area contributed by atoms with Crippen molar-refractivity contribution in [2.45, 2.75) is 32.4 Å². The third kappa shape index (κ3) is 5.10. The lowest BCUT2D eigenvalue weighted by atomic mass is 9.76. The molecule has 0 spiro atoms. The zero-order valence-corrected chi connectivity index (χ0v) is 17.0. The minimum absolute atomic E-state index is 0.00916. The fourth-order valence-electron chi connectivity index (χ4n) is 4.24. The van der Waals surface area contributed by atoms with Crippen LogP contribution in [0.25, 0.3) is 0 Å². The van der Waals surface area contributed by atoms with Crippen LogP contribution in [-0.2, 0) is 20.9 Å². The van der Waals surface area contributed by atoms with Crippen LogP contribution in [0.2, 0.25) is 0 Å². The summed E-state index contributed by atoms with van der Waals surface area (Å²) in [5.41, 5.74) is 1.97. The van der Waals surface area contributed by atoms with Crippen LogP contribution in [0, 0.1) is 22.0 Å². The van der Waals surface area contributed by atoms with Crippen LogP contribution in [0.4, 0.5) is 5.69 Å². The number of likely N-dealkylation sites (tertiary alicyclic amines) is 1. The first-order chi connectivity index (χ1) is 14.5. The Balaban J connectivity index is 1.91. The molecule has 3 rings (SSSR count). The Morgan fingerprint density at radius 3 is 2.50 bits per heavy atom. The molecule has 1 heterocycles. The Hall–Kier alpha value is -3.06. The summed E-state index contributed by atoms with van der Waals surface area (Å²) in [5.74, 6) is -0.838. The first-order valence-electron chi connectivity index (χ1n) is 10.2. The highest BCUT2D eigenvalue weighted by molar-refractivity contribution is 5.71. The lowest BCUT2D eigenvalue weighted by Crippen LogP contribution is -2.44. The standard InChI is InChI=1S/C23H26N2O5/c1-2-30-22(27)14-19-12-13-24(15-17-6-4-3-5-7-17)23(21(19)16-26)18-8-10-20(11-9-18)25(28)29/h3-11,16,19,21,23H,2,12-15H2,1H3/t19-,21-,23+/m0/s1. The molecular formula is C23H26N2O5. The summed E-state index contributed by atoms with van der Waals surface area (Å²) in [6.45, 7) is 3.43. The van der Waals surface area contributed by atoms with Crippen LogP contribution in [0.5, 0.6) is 0 Å². The van der Waals surface area contributed by atoms with Gasteiger partial charge in [-0.1, -0.05) is 42.5 Å². The van der Waals surface area contributed by atoms with Crippen LogP contribution < -0.4 is 0 Å². The van der Waals surface area contributed by atoms with Gasteiger partial charge in [0.05, 0.1) is 11.5 Å². The SMILES string of the molecule is CCOC(=O)C[C@@H]1CCN(Cc2ccccc2)[C@H](c2ccc([N+](=O)[O-])cc2)[C@H]1C=O. The van der Waals surface area contributed by atoms with Crippen molar-refractivity contribution in [1.29, 1.82) is 0 Å². The maximum absolute atomic E-state index is 12.2. The quantitative estimate of drug-likeness (QED) is 0.284. The number of ether oxygens (including phenoxy) is 1. The molecule has 7 heteroatoms. The number of hydrogen-bond donors (Lipinski definition) is 0. The van der Waals surface area contributed by atoms with E-state index in [0.29, 0.717) is 26.1 Å². The van der Waals surface area contributed by atoms with Crippen LogP contribution >= 0.6 is 0 Å². The number of carbonyl (C=O) groups excluding carboxylic acids is 2. The molecule has 0 N–H and O–H groups in total. The summed E-state index contributed by atoms with van der Waals surface area (Å²) < 4.78 is 5.10. The largest absolute Gasteiger partial charge is 0.466 e. The van der Waals surface area contributed by atoms with E-state index in [4.69, 9.17) is 4.74 Å². The Morgan fingerprint density at radius 1 is 1.20 bits per heavy atom. The van der Waals surface area contributed by atoms with Crippen molar-refractivity contribution in [3.8, 4) is 0 Å². The van der Waals surface area contributed by atoms with Gasteiger partial charge in [0.1, 0.15) is 6.29 Å². The van der Waals surface area contributed by atoms with E-state index >= 15 is 0 Å².